The molecular formula is C15H21N3O3. The van der Waals surface area contributed by atoms with Crippen molar-refractivity contribution in [1.29, 1.82) is 0 Å². The van der Waals surface area contributed by atoms with Crippen LogP contribution in [0.25, 0.3) is 0 Å². The highest BCUT2D eigenvalue weighted by Crippen LogP contribution is 2.18. The van der Waals surface area contributed by atoms with Gasteiger partial charge in [-0.05, 0) is 25.0 Å². The number of likely N-dealkylation sites (tertiary alicyclic amines) is 1. The molecule has 2 rings (SSSR count). The number of likely N-dealkylation sites (N-methyl/N-ethyl adjacent to an activating group) is 1. The van der Waals surface area contributed by atoms with Crippen LogP contribution in [0, 0.1) is 5.92 Å². The third kappa shape index (κ3) is 4.18. The van der Waals surface area contributed by atoms with Gasteiger partial charge in [0.05, 0.1) is 5.92 Å². The first kappa shape index (κ1) is 15.3. The molecule has 0 unspecified atom stereocenters. The quantitative estimate of drug-likeness (QED) is 0.911. The van der Waals surface area contributed by atoms with Gasteiger partial charge in [-0.1, -0.05) is 6.07 Å². The SMILES string of the molecule is CN(CCc1ccccn1)C(=O)N1CCC(C(=O)O)CC1. The van der Waals surface area contributed by atoms with E-state index in [0.29, 0.717) is 38.9 Å². The second-order valence-electron chi connectivity index (χ2n) is 5.37. The van der Waals surface area contributed by atoms with Crippen molar-refractivity contribution in [1.82, 2.24) is 14.8 Å². The van der Waals surface area contributed by atoms with Gasteiger partial charge in [-0.2, -0.15) is 0 Å². The summed E-state index contributed by atoms with van der Waals surface area (Å²) in [5.41, 5.74) is 0.960. The Bertz CT molecular complexity index is 484. The summed E-state index contributed by atoms with van der Waals surface area (Å²) in [7, 11) is 1.77. The van der Waals surface area contributed by atoms with Crippen LogP contribution in [0.15, 0.2) is 24.4 Å². The topological polar surface area (TPSA) is 73.7 Å². The predicted octanol–water partition coefficient (Wildman–Crippen LogP) is 1.47. The molecule has 114 valence electrons. The van der Waals surface area contributed by atoms with Crippen LogP contribution in [-0.2, 0) is 11.2 Å². The number of hydrogen-bond donors (Lipinski definition) is 1. The molecule has 1 aliphatic heterocycles. The van der Waals surface area contributed by atoms with Crippen molar-refractivity contribution >= 4 is 12.0 Å². The van der Waals surface area contributed by atoms with Crippen molar-refractivity contribution in [2.24, 2.45) is 5.92 Å². The minimum atomic E-state index is -0.759. The Morgan fingerprint density at radius 3 is 2.67 bits per heavy atom. The molecule has 21 heavy (non-hydrogen) atoms. The van der Waals surface area contributed by atoms with Crippen molar-refractivity contribution in [3.63, 3.8) is 0 Å². The number of aliphatic carboxylic acids is 1. The molecule has 2 heterocycles. The lowest BCUT2D eigenvalue weighted by Crippen LogP contribution is -2.46. The Hall–Kier alpha value is -2.11. The maximum Gasteiger partial charge on any atom is 0.319 e. The van der Waals surface area contributed by atoms with Crippen molar-refractivity contribution in [2.75, 3.05) is 26.7 Å². The van der Waals surface area contributed by atoms with E-state index in [9.17, 15) is 9.59 Å². The fourth-order valence-electron chi connectivity index (χ4n) is 2.48. The molecule has 0 atom stereocenters. The summed E-state index contributed by atoms with van der Waals surface area (Å²) < 4.78 is 0. The van der Waals surface area contributed by atoms with Crippen LogP contribution < -0.4 is 0 Å². The molecule has 0 bridgehead atoms. The van der Waals surface area contributed by atoms with E-state index in [0.717, 1.165) is 5.69 Å². The van der Waals surface area contributed by atoms with Crippen LogP contribution >= 0.6 is 0 Å². The molecule has 1 aromatic rings. The Balaban J connectivity index is 1.79. The molecule has 1 saturated heterocycles. The third-order valence-corrected chi connectivity index (χ3v) is 3.87. The van der Waals surface area contributed by atoms with E-state index >= 15 is 0 Å². The van der Waals surface area contributed by atoms with Gasteiger partial charge in [0.1, 0.15) is 0 Å². The molecule has 0 saturated carbocycles. The number of aromatic nitrogens is 1. The number of nitrogens with zero attached hydrogens (tertiary/aromatic N) is 3. The minimum Gasteiger partial charge on any atom is -0.481 e. The number of hydrogen-bond acceptors (Lipinski definition) is 3. The van der Waals surface area contributed by atoms with Gasteiger partial charge in [-0.3, -0.25) is 9.78 Å². The molecule has 0 spiro atoms. The van der Waals surface area contributed by atoms with Crippen molar-refractivity contribution in [2.45, 2.75) is 19.3 Å². The Morgan fingerprint density at radius 1 is 1.38 bits per heavy atom. The number of urea groups is 1. The highest BCUT2D eigenvalue weighted by Gasteiger charge is 2.28. The number of carbonyl (C=O) groups excluding carboxylic acids is 1. The van der Waals surface area contributed by atoms with E-state index < -0.39 is 5.97 Å². The van der Waals surface area contributed by atoms with E-state index in [1.165, 1.54) is 0 Å². The summed E-state index contributed by atoms with van der Waals surface area (Å²) in [5.74, 6) is -1.07. The first-order chi connectivity index (χ1) is 10.1. The van der Waals surface area contributed by atoms with Crippen LogP contribution in [0.1, 0.15) is 18.5 Å². The Morgan fingerprint density at radius 2 is 2.10 bits per heavy atom. The van der Waals surface area contributed by atoms with Crippen molar-refractivity contribution < 1.29 is 14.7 Å². The van der Waals surface area contributed by atoms with Gasteiger partial charge in [-0.15, -0.1) is 0 Å². The molecule has 1 N–H and O–H groups in total. The van der Waals surface area contributed by atoms with E-state index in [-0.39, 0.29) is 11.9 Å². The molecule has 6 heteroatoms. The summed E-state index contributed by atoms with van der Waals surface area (Å²) in [6.07, 6.45) is 3.53. The highest BCUT2D eigenvalue weighted by molar-refractivity contribution is 5.75. The zero-order valence-electron chi connectivity index (χ0n) is 12.2. The van der Waals surface area contributed by atoms with Crippen LogP contribution in [0.5, 0.6) is 0 Å². The van der Waals surface area contributed by atoms with Crippen LogP contribution in [0.4, 0.5) is 4.79 Å². The monoisotopic (exact) mass is 291 g/mol. The summed E-state index contributed by atoms with van der Waals surface area (Å²) >= 11 is 0. The lowest BCUT2D eigenvalue weighted by Gasteiger charge is -2.33. The molecule has 0 aliphatic carbocycles. The third-order valence-electron chi connectivity index (χ3n) is 3.87. The summed E-state index contributed by atoms with van der Waals surface area (Å²) in [4.78, 5) is 30.8. The first-order valence-electron chi connectivity index (χ1n) is 7.20. The van der Waals surface area contributed by atoms with E-state index in [4.69, 9.17) is 5.11 Å². The fraction of sp³-hybridized carbons (Fsp3) is 0.533. The van der Waals surface area contributed by atoms with Crippen molar-refractivity contribution in [3.8, 4) is 0 Å². The zero-order chi connectivity index (χ0) is 15.2. The maximum atomic E-state index is 12.3. The molecular weight excluding hydrogens is 270 g/mol. The molecule has 1 aromatic heterocycles. The molecule has 1 aliphatic rings. The van der Waals surface area contributed by atoms with Gasteiger partial charge in [0, 0.05) is 45.0 Å². The van der Waals surface area contributed by atoms with Gasteiger partial charge in [0.2, 0.25) is 0 Å². The average molecular weight is 291 g/mol. The highest BCUT2D eigenvalue weighted by atomic mass is 16.4. The molecule has 6 nitrogen and oxygen atoms in total. The molecule has 0 radical (unpaired) electrons. The summed E-state index contributed by atoms with van der Waals surface area (Å²) in [5, 5.41) is 8.96. The number of carboxylic acid groups (broad SMARTS) is 1. The molecule has 0 aromatic carbocycles. The van der Waals surface area contributed by atoms with Gasteiger partial charge < -0.3 is 14.9 Å². The average Bonchev–Trinajstić information content (AvgIpc) is 2.53. The number of carboxylic acids is 1. The lowest BCUT2D eigenvalue weighted by molar-refractivity contribution is -0.143. The van der Waals surface area contributed by atoms with E-state index in [2.05, 4.69) is 4.98 Å². The van der Waals surface area contributed by atoms with Gasteiger partial charge in [0.25, 0.3) is 0 Å². The zero-order valence-corrected chi connectivity index (χ0v) is 12.2. The van der Waals surface area contributed by atoms with Gasteiger partial charge in [-0.25, -0.2) is 4.79 Å². The normalized spacial score (nSPS) is 15.8. The van der Waals surface area contributed by atoms with E-state index in [1.54, 1.807) is 23.0 Å². The number of rotatable bonds is 4. The smallest absolute Gasteiger partial charge is 0.319 e. The number of carbonyl (C=O) groups is 2. The number of piperidine rings is 1. The minimum absolute atomic E-state index is 0.0326. The van der Waals surface area contributed by atoms with Crippen LogP contribution in [-0.4, -0.2) is 58.6 Å². The second-order valence-corrected chi connectivity index (χ2v) is 5.37. The second kappa shape index (κ2) is 7.06. The fourth-order valence-corrected chi connectivity index (χ4v) is 2.48. The van der Waals surface area contributed by atoms with Gasteiger partial charge in [0.15, 0.2) is 0 Å². The number of amides is 2. The van der Waals surface area contributed by atoms with Crippen LogP contribution in [0.2, 0.25) is 0 Å². The van der Waals surface area contributed by atoms with Crippen molar-refractivity contribution in [3.05, 3.63) is 30.1 Å². The first-order valence-corrected chi connectivity index (χ1v) is 7.20. The Kier molecular flexibility index (Phi) is 5.14. The maximum absolute atomic E-state index is 12.3. The van der Waals surface area contributed by atoms with Gasteiger partial charge >= 0.3 is 12.0 Å². The van der Waals surface area contributed by atoms with E-state index in [1.807, 2.05) is 18.2 Å². The molecule has 1 fully saturated rings. The number of pyridine rings is 1. The lowest BCUT2D eigenvalue weighted by atomic mass is 9.97. The largest absolute Gasteiger partial charge is 0.481 e. The molecule has 2 amide bonds. The standard InChI is InChI=1S/C15H21N3O3/c1-17(9-7-13-4-2-3-8-16-13)15(21)18-10-5-12(6-11-18)14(19)20/h2-4,8,12H,5-7,9-11H2,1H3,(H,19,20). The Labute approximate surface area is 124 Å². The summed E-state index contributed by atoms with van der Waals surface area (Å²) in [6, 6.07) is 5.71. The summed E-state index contributed by atoms with van der Waals surface area (Å²) in [6.45, 7) is 1.64. The predicted molar refractivity (Wildman–Crippen MR) is 77.9 cm³/mol. The van der Waals surface area contributed by atoms with Crippen LogP contribution in [0.3, 0.4) is 0 Å².